The molecule has 2 aromatic heterocycles. The molecule has 2 aliphatic rings. The standard InChI is InChI=1S/C24H29F5N6O3S/c1-22(13-39(37)23(2,21(30)35-22)9-3-4-10-32-39)18-15(25)6-8-17(33-18)34-19(36)16-7-5-14(11-31-16)38-12-24(28,29)20(26)27/h5-8,11,20,32,37H,3-4,9-10,12-13H2,1-2H3,(H2,30,35)(H,33,34,36)/p-1. The van der Waals surface area contributed by atoms with Crippen LogP contribution in [-0.2, 0) is 5.54 Å². The molecule has 2 aliphatic heterocycles. The number of halogens is 5. The first kappa shape index (κ1) is 29.0. The summed E-state index contributed by atoms with van der Waals surface area (Å²) in [4.78, 5) is 25.3. The Balaban J connectivity index is 1.53. The molecular weight excluding hydrogens is 547 g/mol. The Hall–Kier alpha value is -3.04. The first-order valence-electron chi connectivity index (χ1n) is 12.0. The Morgan fingerprint density at radius 2 is 2.03 bits per heavy atom. The number of pyridine rings is 2. The van der Waals surface area contributed by atoms with Gasteiger partial charge < -0.3 is 20.3 Å². The fourth-order valence-corrected chi connectivity index (χ4v) is 7.57. The quantitative estimate of drug-likeness (QED) is 0.423. The van der Waals surface area contributed by atoms with Crippen molar-refractivity contribution in [1.29, 1.82) is 0 Å². The molecule has 9 nitrogen and oxygen atoms in total. The van der Waals surface area contributed by atoms with E-state index in [0.717, 1.165) is 37.2 Å². The van der Waals surface area contributed by atoms with Gasteiger partial charge in [-0.2, -0.15) is 8.78 Å². The number of rotatable bonds is 7. The number of aromatic nitrogens is 2. The Labute approximate surface area is 223 Å². The number of alkyl halides is 4. The number of anilines is 1. The molecule has 1 saturated heterocycles. The van der Waals surface area contributed by atoms with E-state index in [9.17, 15) is 26.9 Å². The van der Waals surface area contributed by atoms with Gasteiger partial charge >= 0.3 is 12.3 Å². The van der Waals surface area contributed by atoms with E-state index in [-0.39, 0.29) is 34.5 Å². The molecule has 3 atom stereocenters. The molecule has 4 rings (SSSR count). The highest BCUT2D eigenvalue weighted by Crippen LogP contribution is 2.61. The number of hydrogen-bond donors (Lipinski definition) is 3. The highest BCUT2D eigenvalue weighted by atomic mass is 32.3. The van der Waals surface area contributed by atoms with E-state index in [0.29, 0.717) is 13.0 Å². The van der Waals surface area contributed by atoms with Crippen molar-refractivity contribution in [3.8, 4) is 5.75 Å². The second kappa shape index (κ2) is 10.5. The zero-order valence-corrected chi connectivity index (χ0v) is 22.0. The van der Waals surface area contributed by atoms with Crippen molar-refractivity contribution in [3.05, 3.63) is 47.7 Å². The molecule has 0 radical (unpaired) electrons. The average Bonchev–Trinajstić information content (AvgIpc) is 3.02. The summed E-state index contributed by atoms with van der Waals surface area (Å²) >= 11 is 0. The lowest BCUT2D eigenvalue weighted by atomic mass is 9.96. The van der Waals surface area contributed by atoms with E-state index in [4.69, 9.17) is 5.73 Å². The fourth-order valence-electron chi connectivity index (χ4n) is 4.50. The van der Waals surface area contributed by atoms with Crippen LogP contribution in [0, 0.1) is 5.82 Å². The summed E-state index contributed by atoms with van der Waals surface area (Å²) < 4.78 is 86.6. The zero-order valence-electron chi connectivity index (χ0n) is 21.1. The smallest absolute Gasteiger partial charge is 0.340 e. The molecule has 39 heavy (non-hydrogen) atoms. The molecule has 0 saturated carbocycles. The maximum Gasteiger partial charge on any atom is 0.340 e. The van der Waals surface area contributed by atoms with Crippen molar-refractivity contribution in [2.45, 2.75) is 55.7 Å². The van der Waals surface area contributed by atoms with E-state index >= 15 is 4.39 Å². The zero-order chi connectivity index (χ0) is 28.6. The molecule has 1 fully saturated rings. The molecule has 2 aromatic rings. The van der Waals surface area contributed by atoms with E-state index in [1.165, 1.54) is 6.07 Å². The normalized spacial score (nSPS) is 29.0. The van der Waals surface area contributed by atoms with Gasteiger partial charge in [-0.15, -0.1) is 0 Å². The minimum Gasteiger partial charge on any atom is -0.800 e. The largest absolute Gasteiger partial charge is 0.800 e. The lowest BCUT2D eigenvalue weighted by Crippen LogP contribution is -2.57. The number of nitrogens with two attached hydrogens (primary N) is 1. The van der Waals surface area contributed by atoms with E-state index < -0.39 is 51.5 Å². The van der Waals surface area contributed by atoms with Crippen molar-refractivity contribution in [2.24, 2.45) is 10.7 Å². The first-order chi connectivity index (χ1) is 18.2. The summed E-state index contributed by atoms with van der Waals surface area (Å²) in [5.41, 5.74) is 4.60. The number of nitrogens with one attached hydrogen (secondary N) is 2. The van der Waals surface area contributed by atoms with Gasteiger partial charge in [-0.3, -0.25) is 25.0 Å². The molecule has 4 heterocycles. The molecule has 1 amide bonds. The molecule has 4 N–H and O–H groups in total. The predicted molar refractivity (Wildman–Crippen MR) is 135 cm³/mol. The van der Waals surface area contributed by atoms with Gasteiger partial charge in [0.15, 0.2) is 6.61 Å². The Bertz CT molecular complexity index is 1270. The van der Waals surface area contributed by atoms with Crippen LogP contribution in [0.2, 0.25) is 0 Å². The molecule has 214 valence electrons. The predicted octanol–water partition coefficient (Wildman–Crippen LogP) is 4.12. The number of carbonyl (C=O) groups is 1. The maximum absolute atomic E-state index is 15.0. The van der Waals surface area contributed by atoms with Crippen LogP contribution < -0.4 is 20.5 Å². The Morgan fingerprint density at radius 1 is 1.28 bits per heavy atom. The number of nitrogens with zero attached hydrogens (tertiary/aromatic N) is 3. The molecule has 3 unspecified atom stereocenters. The van der Waals surface area contributed by atoms with Gasteiger partial charge in [-0.1, -0.05) is 6.42 Å². The van der Waals surface area contributed by atoms with Crippen molar-refractivity contribution < 1.29 is 36.0 Å². The molecule has 0 bridgehead atoms. The molecule has 15 heteroatoms. The van der Waals surface area contributed by atoms with Gasteiger partial charge in [0.05, 0.1) is 10.9 Å². The number of hydrogen-bond acceptors (Lipinski definition) is 8. The third-order valence-corrected chi connectivity index (χ3v) is 10.4. The second-order valence-corrected chi connectivity index (χ2v) is 12.7. The van der Waals surface area contributed by atoms with Gasteiger partial charge in [0.25, 0.3) is 5.91 Å². The minimum absolute atomic E-state index is 0.0495. The van der Waals surface area contributed by atoms with Crippen molar-refractivity contribution in [3.63, 3.8) is 0 Å². The fraction of sp³-hybridized carbons (Fsp3) is 0.500. The van der Waals surface area contributed by atoms with Crippen molar-refractivity contribution in [2.75, 3.05) is 24.2 Å². The van der Waals surface area contributed by atoms with E-state index in [1.54, 1.807) is 13.8 Å². The maximum atomic E-state index is 15.0. The lowest BCUT2D eigenvalue weighted by molar-refractivity contribution is -0.148. The van der Waals surface area contributed by atoms with Crippen LogP contribution >= 0.6 is 10.5 Å². The van der Waals surface area contributed by atoms with Gasteiger partial charge in [0, 0.05) is 12.3 Å². The van der Waals surface area contributed by atoms with Gasteiger partial charge in [0.2, 0.25) is 0 Å². The number of fused-ring (bicyclic) bond motifs is 1. The average molecular weight is 576 g/mol. The Kier molecular flexibility index (Phi) is 7.80. The highest BCUT2D eigenvalue weighted by molar-refractivity contribution is 8.29. The van der Waals surface area contributed by atoms with Gasteiger partial charge in [-0.25, -0.2) is 23.1 Å². The molecule has 0 spiro atoms. The van der Waals surface area contributed by atoms with Crippen molar-refractivity contribution in [1.82, 2.24) is 14.7 Å². The molecule has 0 aliphatic carbocycles. The SMILES string of the molecule is CC1(c2nc(NC(=O)c3ccc(OCC(F)(F)C(F)F)cn3)ccc2F)CS2([O-])NCCCCC2(C)C(N)=N1. The van der Waals surface area contributed by atoms with Crippen LogP contribution in [0.5, 0.6) is 5.75 Å². The molecule has 0 aromatic carbocycles. The van der Waals surface area contributed by atoms with Gasteiger partial charge in [-0.05, 0) is 51.0 Å². The number of amidine groups is 1. The highest BCUT2D eigenvalue weighted by Gasteiger charge is 2.50. The van der Waals surface area contributed by atoms with E-state index in [2.05, 4.69) is 29.7 Å². The number of aliphatic imine (C=N–C) groups is 1. The second-order valence-electron chi connectivity index (χ2n) is 9.88. The lowest BCUT2D eigenvalue weighted by Gasteiger charge is -2.63. The molecular formula is C24H28F5N6O3S-. The van der Waals surface area contributed by atoms with E-state index in [1.807, 2.05) is 0 Å². The van der Waals surface area contributed by atoms with Crippen molar-refractivity contribution >= 4 is 28.1 Å². The third kappa shape index (κ3) is 5.65. The Morgan fingerprint density at radius 3 is 2.69 bits per heavy atom. The minimum atomic E-state index is -4.34. The summed E-state index contributed by atoms with van der Waals surface area (Å²) in [6, 6.07) is 4.55. The number of carbonyl (C=O) groups excluding carboxylic acids is 1. The summed E-state index contributed by atoms with van der Waals surface area (Å²) in [5, 5.41) is 2.46. The first-order valence-corrected chi connectivity index (χ1v) is 13.8. The summed E-state index contributed by atoms with van der Waals surface area (Å²) in [6.07, 6.45) is -0.774. The summed E-state index contributed by atoms with van der Waals surface area (Å²) in [7, 11) is -2.80. The van der Waals surface area contributed by atoms with Crippen LogP contribution in [0.15, 0.2) is 35.5 Å². The van der Waals surface area contributed by atoms with Gasteiger partial charge in [0.1, 0.15) is 40.1 Å². The van der Waals surface area contributed by atoms with Crippen LogP contribution in [0.25, 0.3) is 0 Å². The van der Waals surface area contributed by atoms with Crippen LogP contribution in [-0.4, -0.2) is 62.3 Å². The third-order valence-electron chi connectivity index (χ3n) is 6.85. The van der Waals surface area contributed by atoms with Crippen LogP contribution in [0.4, 0.5) is 27.8 Å². The van der Waals surface area contributed by atoms with Crippen LogP contribution in [0.1, 0.15) is 49.3 Å². The summed E-state index contributed by atoms with van der Waals surface area (Å²) in [5.74, 6) is -6.05. The number of amides is 1. The van der Waals surface area contributed by atoms with Crippen LogP contribution in [0.3, 0.4) is 0 Å². The topological polar surface area (TPSA) is 138 Å². The number of ether oxygens (including phenoxy) is 1. The summed E-state index contributed by atoms with van der Waals surface area (Å²) in [6.45, 7) is 2.33. The monoisotopic (exact) mass is 575 g/mol.